The van der Waals surface area contributed by atoms with Crippen LogP contribution in [0.25, 0.3) is 11.0 Å². The molecule has 0 spiro atoms. The van der Waals surface area contributed by atoms with Crippen LogP contribution in [-0.2, 0) is 9.53 Å². The molecule has 0 aliphatic rings. The van der Waals surface area contributed by atoms with E-state index in [-0.39, 0.29) is 30.2 Å². The fraction of sp³-hybridized carbons (Fsp3) is 0.294. The number of hydrogen-bond donors (Lipinski definition) is 2. The molecule has 8 nitrogen and oxygen atoms in total. The molecule has 0 fully saturated rings. The first-order chi connectivity index (χ1) is 13.0. The van der Waals surface area contributed by atoms with Crippen LogP contribution in [0.4, 0.5) is 14.6 Å². The molecule has 1 unspecified atom stereocenters. The minimum Gasteiger partial charge on any atom is -0.466 e. The number of hydrogen-bond acceptors (Lipinski definition) is 7. The number of halogens is 2. The summed E-state index contributed by atoms with van der Waals surface area (Å²) in [6.07, 6.45) is 1.62. The second-order valence-corrected chi connectivity index (χ2v) is 5.72. The van der Waals surface area contributed by atoms with Crippen molar-refractivity contribution in [2.24, 2.45) is 0 Å². The van der Waals surface area contributed by atoms with Gasteiger partial charge in [-0.3, -0.25) is 9.89 Å². The number of anilines is 1. The number of esters is 1. The van der Waals surface area contributed by atoms with Gasteiger partial charge in [-0.15, -0.1) is 0 Å². The largest absolute Gasteiger partial charge is 0.466 e. The zero-order chi connectivity index (χ0) is 19.4. The Morgan fingerprint density at radius 2 is 2.19 bits per heavy atom. The van der Waals surface area contributed by atoms with Crippen LogP contribution < -0.4 is 10.1 Å². The summed E-state index contributed by atoms with van der Waals surface area (Å²) in [5.74, 6) is -1.63. The molecule has 0 bridgehead atoms. The molecule has 2 N–H and O–H groups in total. The predicted molar refractivity (Wildman–Crippen MR) is 92.5 cm³/mol. The number of ether oxygens (including phenoxy) is 2. The van der Waals surface area contributed by atoms with E-state index in [9.17, 15) is 13.6 Å². The maximum atomic E-state index is 13.7. The lowest BCUT2D eigenvalue weighted by Gasteiger charge is -2.12. The highest BCUT2D eigenvalue weighted by atomic mass is 19.1. The van der Waals surface area contributed by atoms with Crippen LogP contribution in [0, 0.1) is 11.6 Å². The van der Waals surface area contributed by atoms with Crippen LogP contribution in [0.2, 0.25) is 0 Å². The number of rotatable bonds is 7. The summed E-state index contributed by atoms with van der Waals surface area (Å²) < 4.78 is 36.8. The SMILES string of the molecule is CCOC(=O)CC(C)Nc1n[nH]c2nc(Oc3ccc(F)cc3F)ncc12. The van der Waals surface area contributed by atoms with E-state index in [1.54, 1.807) is 6.92 Å². The van der Waals surface area contributed by atoms with Gasteiger partial charge in [0, 0.05) is 18.3 Å². The van der Waals surface area contributed by atoms with Gasteiger partial charge in [-0.1, -0.05) is 0 Å². The average molecular weight is 377 g/mol. The number of benzene rings is 1. The number of H-pyrrole nitrogens is 1. The van der Waals surface area contributed by atoms with Gasteiger partial charge < -0.3 is 14.8 Å². The summed E-state index contributed by atoms with van der Waals surface area (Å²) in [5, 5.41) is 10.4. The molecule has 0 saturated carbocycles. The molecule has 0 aliphatic carbocycles. The van der Waals surface area contributed by atoms with Crippen LogP contribution in [0.3, 0.4) is 0 Å². The Bertz CT molecular complexity index is 963. The Balaban J connectivity index is 1.73. The number of aromatic nitrogens is 4. The first-order valence-electron chi connectivity index (χ1n) is 8.22. The van der Waals surface area contributed by atoms with Crippen molar-refractivity contribution >= 4 is 22.8 Å². The molecule has 142 valence electrons. The molecule has 2 heterocycles. The lowest BCUT2D eigenvalue weighted by molar-refractivity contribution is -0.143. The number of fused-ring (bicyclic) bond motifs is 1. The van der Waals surface area contributed by atoms with Crippen LogP contribution in [0.15, 0.2) is 24.4 Å². The summed E-state index contributed by atoms with van der Waals surface area (Å²) in [5.41, 5.74) is 0.355. The maximum absolute atomic E-state index is 13.7. The molecule has 3 aromatic rings. The third-order valence-electron chi connectivity index (χ3n) is 3.55. The molecule has 0 saturated heterocycles. The zero-order valence-corrected chi connectivity index (χ0v) is 14.6. The van der Waals surface area contributed by atoms with Gasteiger partial charge in [0.15, 0.2) is 23.0 Å². The summed E-state index contributed by atoms with van der Waals surface area (Å²) in [7, 11) is 0. The molecule has 27 heavy (non-hydrogen) atoms. The first kappa shape index (κ1) is 18.5. The fourth-order valence-electron chi connectivity index (χ4n) is 2.36. The standard InChI is InChI=1S/C17H17F2N5O3/c1-3-26-14(25)6-9(2)21-15-11-8-20-17(22-16(11)24-23-15)27-13-5-4-10(18)7-12(13)19/h4-5,7-9H,3,6H2,1-2H3,(H2,20,21,22,23,24). The minimum absolute atomic E-state index is 0.122. The smallest absolute Gasteiger partial charge is 0.324 e. The molecular formula is C17H17F2N5O3. The molecule has 0 radical (unpaired) electrons. The first-order valence-corrected chi connectivity index (χ1v) is 8.22. The average Bonchev–Trinajstić information content (AvgIpc) is 2.99. The van der Waals surface area contributed by atoms with Crippen molar-refractivity contribution in [1.29, 1.82) is 0 Å². The molecule has 10 heteroatoms. The highest BCUT2D eigenvalue weighted by Gasteiger charge is 2.15. The lowest BCUT2D eigenvalue weighted by Crippen LogP contribution is -2.21. The van der Waals surface area contributed by atoms with E-state index in [1.807, 2.05) is 6.92 Å². The van der Waals surface area contributed by atoms with Gasteiger partial charge in [-0.2, -0.15) is 10.1 Å². The third-order valence-corrected chi connectivity index (χ3v) is 3.55. The van der Waals surface area contributed by atoms with Gasteiger partial charge in [0.05, 0.1) is 18.4 Å². The predicted octanol–water partition coefficient (Wildman–Crippen LogP) is 3.18. The number of carbonyl (C=O) groups is 1. The number of carbonyl (C=O) groups excluding carboxylic acids is 1. The van der Waals surface area contributed by atoms with Crippen molar-refractivity contribution in [3.05, 3.63) is 36.0 Å². The van der Waals surface area contributed by atoms with Gasteiger partial charge in [0.25, 0.3) is 0 Å². The van der Waals surface area contributed by atoms with E-state index >= 15 is 0 Å². The van der Waals surface area contributed by atoms with Gasteiger partial charge in [-0.25, -0.2) is 13.8 Å². The highest BCUT2D eigenvalue weighted by Crippen LogP contribution is 2.25. The third kappa shape index (κ3) is 4.46. The summed E-state index contributed by atoms with van der Waals surface area (Å²) in [6.45, 7) is 3.88. The van der Waals surface area contributed by atoms with Gasteiger partial charge >= 0.3 is 12.0 Å². The molecule has 1 atom stereocenters. The van der Waals surface area contributed by atoms with Crippen molar-refractivity contribution in [3.63, 3.8) is 0 Å². The molecule has 2 aromatic heterocycles. The summed E-state index contributed by atoms with van der Waals surface area (Å²) >= 11 is 0. The van der Waals surface area contributed by atoms with E-state index < -0.39 is 11.6 Å². The number of nitrogens with one attached hydrogen (secondary N) is 2. The van der Waals surface area contributed by atoms with Crippen molar-refractivity contribution in [2.75, 3.05) is 11.9 Å². The second kappa shape index (κ2) is 7.94. The number of nitrogens with zero attached hydrogens (tertiary/aromatic N) is 3. The van der Waals surface area contributed by atoms with Gasteiger partial charge in [0.1, 0.15) is 5.82 Å². The minimum atomic E-state index is -0.863. The molecule has 0 aliphatic heterocycles. The van der Waals surface area contributed by atoms with E-state index in [2.05, 4.69) is 25.5 Å². The van der Waals surface area contributed by atoms with Crippen molar-refractivity contribution in [1.82, 2.24) is 20.2 Å². The van der Waals surface area contributed by atoms with Gasteiger partial charge in [0.2, 0.25) is 0 Å². The van der Waals surface area contributed by atoms with Crippen LogP contribution in [-0.4, -0.2) is 38.8 Å². The van der Waals surface area contributed by atoms with Crippen LogP contribution in [0.5, 0.6) is 11.8 Å². The van der Waals surface area contributed by atoms with E-state index in [0.29, 0.717) is 29.5 Å². The van der Waals surface area contributed by atoms with Crippen LogP contribution >= 0.6 is 0 Å². The normalized spacial score (nSPS) is 12.0. The second-order valence-electron chi connectivity index (χ2n) is 5.72. The highest BCUT2D eigenvalue weighted by molar-refractivity contribution is 5.86. The Hall–Kier alpha value is -3.30. The molecule has 1 aromatic carbocycles. The molecule has 3 rings (SSSR count). The number of aromatic amines is 1. The molecular weight excluding hydrogens is 360 g/mol. The molecule has 0 amide bonds. The van der Waals surface area contributed by atoms with E-state index in [0.717, 1.165) is 12.1 Å². The van der Waals surface area contributed by atoms with Crippen molar-refractivity contribution in [3.8, 4) is 11.8 Å². The summed E-state index contributed by atoms with van der Waals surface area (Å²) in [4.78, 5) is 19.6. The zero-order valence-electron chi connectivity index (χ0n) is 14.6. The quantitative estimate of drug-likeness (QED) is 0.610. The van der Waals surface area contributed by atoms with Crippen molar-refractivity contribution in [2.45, 2.75) is 26.3 Å². The Morgan fingerprint density at radius 1 is 1.37 bits per heavy atom. The van der Waals surface area contributed by atoms with Gasteiger partial charge in [-0.05, 0) is 26.0 Å². The Labute approximate surface area is 152 Å². The Morgan fingerprint density at radius 3 is 2.93 bits per heavy atom. The van der Waals surface area contributed by atoms with Crippen molar-refractivity contribution < 1.29 is 23.0 Å². The lowest BCUT2D eigenvalue weighted by atomic mass is 10.2. The maximum Gasteiger partial charge on any atom is 0.324 e. The topological polar surface area (TPSA) is 102 Å². The van der Waals surface area contributed by atoms with Crippen LogP contribution in [0.1, 0.15) is 20.3 Å². The van der Waals surface area contributed by atoms with E-state index in [4.69, 9.17) is 9.47 Å². The monoisotopic (exact) mass is 377 g/mol. The van der Waals surface area contributed by atoms with E-state index in [1.165, 1.54) is 6.20 Å². The Kier molecular flexibility index (Phi) is 5.43. The summed E-state index contributed by atoms with van der Waals surface area (Å²) in [6, 6.07) is 2.58. The fourth-order valence-corrected chi connectivity index (χ4v) is 2.36.